The normalized spacial score (nSPS) is 10.6. The van der Waals surface area contributed by atoms with E-state index in [-0.39, 0.29) is 0 Å². The van der Waals surface area contributed by atoms with Crippen LogP contribution in [-0.4, -0.2) is 25.9 Å². The molecule has 5 nitrogen and oxygen atoms in total. The van der Waals surface area contributed by atoms with Crippen molar-refractivity contribution in [2.75, 3.05) is 11.9 Å². The van der Waals surface area contributed by atoms with E-state index in [1.165, 1.54) is 0 Å². The highest BCUT2D eigenvalue weighted by atomic mass is 15.3. The van der Waals surface area contributed by atoms with Crippen molar-refractivity contribution < 1.29 is 0 Å². The van der Waals surface area contributed by atoms with E-state index in [1.54, 1.807) is 6.20 Å². The number of anilines is 1. The summed E-state index contributed by atoms with van der Waals surface area (Å²) in [6.45, 7) is 4.87. The Morgan fingerprint density at radius 3 is 2.94 bits per heavy atom. The van der Waals surface area contributed by atoms with Crippen LogP contribution in [0.25, 0.3) is 0 Å². The Morgan fingerprint density at radius 1 is 1.25 bits per heavy atom. The summed E-state index contributed by atoms with van der Waals surface area (Å²) in [6, 6.07) is 1.95. The van der Waals surface area contributed by atoms with Gasteiger partial charge in [0.25, 0.3) is 0 Å². The molecule has 0 aliphatic carbocycles. The lowest BCUT2D eigenvalue weighted by Gasteiger charge is -2.08. The summed E-state index contributed by atoms with van der Waals surface area (Å²) in [5.41, 5.74) is 0. The molecule has 2 rings (SSSR count). The summed E-state index contributed by atoms with van der Waals surface area (Å²) < 4.78 is 4.08. The molecule has 0 amide bonds. The van der Waals surface area contributed by atoms with Crippen molar-refractivity contribution in [1.82, 2.24) is 19.3 Å². The van der Waals surface area contributed by atoms with Gasteiger partial charge in [-0.25, -0.2) is 4.98 Å². The van der Waals surface area contributed by atoms with Crippen molar-refractivity contribution in [3.8, 4) is 0 Å². The number of nitrogens with zero attached hydrogens (tertiary/aromatic N) is 4. The monoisotopic (exact) mass is 219 g/mol. The number of nitrogens with one attached hydrogen (secondary N) is 1. The molecule has 16 heavy (non-hydrogen) atoms. The van der Waals surface area contributed by atoms with Gasteiger partial charge in [0.1, 0.15) is 0 Å². The molecule has 0 aliphatic rings. The van der Waals surface area contributed by atoms with Crippen LogP contribution in [0, 0.1) is 0 Å². The number of aryl methyl sites for hydroxylation is 2. The lowest BCUT2D eigenvalue weighted by atomic mass is 10.4. The van der Waals surface area contributed by atoms with Crippen LogP contribution in [0.4, 0.5) is 5.95 Å². The molecule has 0 unspecified atom stereocenters. The average molecular weight is 219 g/mol. The fourth-order valence-electron chi connectivity index (χ4n) is 1.65. The SMILES string of the molecule is CCNc1nccn1CCCn1cccn1. The second kappa shape index (κ2) is 5.34. The van der Waals surface area contributed by atoms with Gasteiger partial charge in [-0.2, -0.15) is 5.10 Å². The summed E-state index contributed by atoms with van der Waals surface area (Å²) in [5.74, 6) is 0.947. The minimum absolute atomic E-state index is 0.899. The smallest absolute Gasteiger partial charge is 0.202 e. The predicted molar refractivity (Wildman–Crippen MR) is 63.2 cm³/mol. The van der Waals surface area contributed by atoms with Crippen molar-refractivity contribution in [1.29, 1.82) is 0 Å². The molecule has 0 spiro atoms. The molecule has 86 valence electrons. The highest BCUT2D eigenvalue weighted by Crippen LogP contribution is 2.05. The summed E-state index contributed by atoms with van der Waals surface area (Å²) >= 11 is 0. The number of rotatable bonds is 6. The second-order valence-corrected chi connectivity index (χ2v) is 3.60. The molecule has 2 aromatic heterocycles. The van der Waals surface area contributed by atoms with Gasteiger partial charge in [0.15, 0.2) is 0 Å². The quantitative estimate of drug-likeness (QED) is 0.802. The molecule has 2 heterocycles. The maximum atomic E-state index is 4.25. The van der Waals surface area contributed by atoms with Gasteiger partial charge in [-0.1, -0.05) is 0 Å². The van der Waals surface area contributed by atoms with Crippen molar-refractivity contribution in [3.63, 3.8) is 0 Å². The Hall–Kier alpha value is -1.78. The Balaban J connectivity index is 1.82. The van der Waals surface area contributed by atoms with Crippen LogP contribution in [0.5, 0.6) is 0 Å². The first kappa shape index (κ1) is 10.7. The Labute approximate surface area is 95.1 Å². The number of aromatic nitrogens is 4. The molecule has 0 fully saturated rings. The van der Waals surface area contributed by atoms with Crippen LogP contribution in [0.2, 0.25) is 0 Å². The standard InChI is InChI=1S/C11H17N5/c1-2-12-11-13-6-10-15(11)7-4-9-16-8-3-5-14-16/h3,5-6,8,10H,2,4,7,9H2,1H3,(H,12,13). The van der Waals surface area contributed by atoms with Crippen molar-refractivity contribution in [2.24, 2.45) is 0 Å². The Morgan fingerprint density at radius 2 is 2.19 bits per heavy atom. The molecule has 2 aromatic rings. The first-order valence-corrected chi connectivity index (χ1v) is 5.62. The molecule has 0 saturated heterocycles. The highest BCUT2D eigenvalue weighted by molar-refractivity contribution is 5.25. The first-order valence-electron chi connectivity index (χ1n) is 5.62. The first-order chi connectivity index (χ1) is 7.90. The molecule has 0 bridgehead atoms. The molecular formula is C11H17N5. The van der Waals surface area contributed by atoms with Crippen LogP contribution >= 0.6 is 0 Å². The molecule has 0 saturated carbocycles. The van der Waals surface area contributed by atoms with Gasteiger partial charge in [-0.3, -0.25) is 4.68 Å². The Kier molecular flexibility index (Phi) is 3.58. The van der Waals surface area contributed by atoms with Crippen molar-refractivity contribution >= 4 is 5.95 Å². The topological polar surface area (TPSA) is 47.7 Å². The van der Waals surface area contributed by atoms with E-state index in [2.05, 4.69) is 26.9 Å². The third kappa shape index (κ3) is 2.62. The second-order valence-electron chi connectivity index (χ2n) is 3.60. The zero-order chi connectivity index (χ0) is 11.2. The molecule has 0 atom stereocenters. The van der Waals surface area contributed by atoms with E-state index in [0.717, 1.165) is 32.0 Å². The maximum Gasteiger partial charge on any atom is 0.202 e. The molecule has 0 radical (unpaired) electrons. The van der Waals surface area contributed by atoms with E-state index < -0.39 is 0 Å². The number of imidazole rings is 1. The summed E-state index contributed by atoms with van der Waals surface area (Å²) in [4.78, 5) is 4.25. The van der Waals surface area contributed by atoms with Gasteiger partial charge < -0.3 is 9.88 Å². The third-order valence-electron chi connectivity index (χ3n) is 2.40. The van der Waals surface area contributed by atoms with Gasteiger partial charge in [-0.15, -0.1) is 0 Å². The summed E-state index contributed by atoms with van der Waals surface area (Å²) in [5, 5.41) is 7.40. The van der Waals surface area contributed by atoms with E-state index in [1.807, 2.05) is 29.3 Å². The lowest BCUT2D eigenvalue weighted by Crippen LogP contribution is -2.08. The Bertz CT molecular complexity index is 404. The van der Waals surface area contributed by atoms with Crippen molar-refractivity contribution in [2.45, 2.75) is 26.4 Å². The van der Waals surface area contributed by atoms with Crippen LogP contribution in [0.3, 0.4) is 0 Å². The molecule has 0 aromatic carbocycles. The van der Waals surface area contributed by atoms with E-state index >= 15 is 0 Å². The maximum absolute atomic E-state index is 4.25. The van der Waals surface area contributed by atoms with Gasteiger partial charge >= 0.3 is 0 Å². The summed E-state index contributed by atoms with van der Waals surface area (Å²) in [6.07, 6.45) is 8.67. The van der Waals surface area contributed by atoms with Crippen LogP contribution in [0.15, 0.2) is 30.9 Å². The lowest BCUT2D eigenvalue weighted by molar-refractivity contribution is 0.529. The van der Waals surface area contributed by atoms with Crippen LogP contribution in [-0.2, 0) is 13.1 Å². The molecule has 5 heteroatoms. The molecule has 1 N–H and O–H groups in total. The van der Waals surface area contributed by atoms with Crippen LogP contribution < -0.4 is 5.32 Å². The van der Waals surface area contributed by atoms with Gasteiger partial charge in [0.05, 0.1) is 0 Å². The van der Waals surface area contributed by atoms with Gasteiger partial charge in [0, 0.05) is 44.4 Å². The van der Waals surface area contributed by atoms with E-state index in [9.17, 15) is 0 Å². The van der Waals surface area contributed by atoms with Gasteiger partial charge in [-0.05, 0) is 19.4 Å². The largest absolute Gasteiger partial charge is 0.356 e. The molecular weight excluding hydrogens is 202 g/mol. The number of hydrogen-bond donors (Lipinski definition) is 1. The predicted octanol–water partition coefficient (Wildman–Crippen LogP) is 1.60. The summed E-state index contributed by atoms with van der Waals surface area (Å²) in [7, 11) is 0. The average Bonchev–Trinajstić information content (AvgIpc) is 2.91. The fourth-order valence-corrected chi connectivity index (χ4v) is 1.65. The zero-order valence-electron chi connectivity index (χ0n) is 9.50. The van der Waals surface area contributed by atoms with E-state index in [0.29, 0.717) is 0 Å². The molecule has 0 aliphatic heterocycles. The fraction of sp³-hybridized carbons (Fsp3) is 0.455. The van der Waals surface area contributed by atoms with Crippen molar-refractivity contribution in [3.05, 3.63) is 30.9 Å². The number of hydrogen-bond acceptors (Lipinski definition) is 3. The van der Waals surface area contributed by atoms with Crippen LogP contribution in [0.1, 0.15) is 13.3 Å². The minimum atomic E-state index is 0.899. The zero-order valence-corrected chi connectivity index (χ0v) is 9.50. The highest BCUT2D eigenvalue weighted by Gasteiger charge is 2.00. The minimum Gasteiger partial charge on any atom is -0.356 e. The van der Waals surface area contributed by atoms with E-state index in [4.69, 9.17) is 0 Å². The van der Waals surface area contributed by atoms with Gasteiger partial charge in [0.2, 0.25) is 5.95 Å². The third-order valence-corrected chi connectivity index (χ3v) is 2.40.